The first-order valence-corrected chi connectivity index (χ1v) is 10.2. The van der Waals surface area contributed by atoms with Crippen LogP contribution in [0.5, 0.6) is 5.75 Å². The van der Waals surface area contributed by atoms with Gasteiger partial charge in [0.15, 0.2) is 16.8 Å². The highest BCUT2D eigenvalue weighted by Gasteiger charge is 2.15. The third-order valence-corrected chi connectivity index (χ3v) is 5.27. The largest absolute Gasteiger partial charge is 0.494 e. The van der Waals surface area contributed by atoms with Crippen molar-refractivity contribution in [1.82, 2.24) is 14.8 Å². The van der Waals surface area contributed by atoms with Gasteiger partial charge in [0.05, 0.1) is 6.61 Å². The normalized spacial score (nSPS) is 10.7. The molecule has 0 bridgehead atoms. The molecule has 0 fully saturated rings. The molecule has 0 aliphatic carbocycles. The Labute approximate surface area is 173 Å². The third kappa shape index (κ3) is 4.92. The van der Waals surface area contributed by atoms with Crippen LogP contribution in [0.3, 0.4) is 0 Å². The van der Waals surface area contributed by atoms with Crippen LogP contribution in [0, 0.1) is 5.82 Å². The van der Waals surface area contributed by atoms with Crippen molar-refractivity contribution in [2.75, 3.05) is 6.61 Å². The molecule has 0 radical (unpaired) electrons. The molecule has 150 valence electrons. The average molecular weight is 412 g/mol. The maximum Gasteiger partial charge on any atom is 0.192 e. The first-order valence-electron chi connectivity index (χ1n) is 9.23. The second-order valence-corrected chi connectivity index (χ2v) is 7.26. The quantitative estimate of drug-likeness (QED) is 0.276. The van der Waals surface area contributed by atoms with Crippen molar-refractivity contribution in [1.29, 1.82) is 0 Å². The summed E-state index contributed by atoms with van der Waals surface area (Å²) in [5.41, 5.74) is 2.34. The number of hydrogen-bond donors (Lipinski definition) is 0. The summed E-state index contributed by atoms with van der Waals surface area (Å²) in [7, 11) is 0. The number of rotatable bonds is 9. The van der Waals surface area contributed by atoms with Gasteiger partial charge in [-0.3, -0.25) is 9.36 Å². The van der Waals surface area contributed by atoms with E-state index in [1.807, 2.05) is 23.6 Å². The summed E-state index contributed by atoms with van der Waals surface area (Å²) < 4.78 is 20.9. The predicted octanol–water partition coefficient (Wildman–Crippen LogP) is 5.16. The highest BCUT2D eigenvalue weighted by atomic mass is 32.2. The molecule has 5 nitrogen and oxygen atoms in total. The van der Waals surface area contributed by atoms with Crippen LogP contribution >= 0.6 is 11.8 Å². The smallest absolute Gasteiger partial charge is 0.192 e. The van der Waals surface area contributed by atoms with Crippen LogP contribution in [0.25, 0.3) is 11.4 Å². The van der Waals surface area contributed by atoms with Crippen LogP contribution in [0.1, 0.15) is 29.8 Å². The number of carbonyl (C=O) groups excluding carboxylic acids is 1. The second kappa shape index (κ2) is 9.52. The number of ketones is 1. The van der Waals surface area contributed by atoms with Crippen LogP contribution in [0.2, 0.25) is 0 Å². The number of benzene rings is 2. The Bertz CT molecular complexity index is 1020. The van der Waals surface area contributed by atoms with E-state index in [1.54, 1.807) is 31.2 Å². The minimum absolute atomic E-state index is 0.00715. The van der Waals surface area contributed by atoms with E-state index >= 15 is 0 Å². The molecule has 0 aliphatic rings. The lowest BCUT2D eigenvalue weighted by molar-refractivity contribution is 0.101. The summed E-state index contributed by atoms with van der Waals surface area (Å²) >= 11 is 1.50. The summed E-state index contributed by atoms with van der Waals surface area (Å²) in [6.45, 7) is 8.34. The molecule has 3 aromatic rings. The van der Waals surface area contributed by atoms with Gasteiger partial charge in [-0.25, -0.2) is 4.39 Å². The van der Waals surface area contributed by atoms with Crippen LogP contribution in [0.4, 0.5) is 4.39 Å². The molecule has 0 saturated heterocycles. The lowest BCUT2D eigenvalue weighted by Crippen LogP contribution is -2.02. The molecule has 1 aromatic heterocycles. The molecular formula is C22H22FN3O2S. The van der Waals surface area contributed by atoms with Crippen molar-refractivity contribution in [2.24, 2.45) is 0 Å². The van der Waals surface area contributed by atoms with Crippen molar-refractivity contribution in [3.8, 4) is 17.1 Å². The van der Waals surface area contributed by atoms with E-state index in [0.717, 1.165) is 16.9 Å². The van der Waals surface area contributed by atoms with Crippen molar-refractivity contribution >= 4 is 17.5 Å². The third-order valence-electron chi connectivity index (χ3n) is 4.25. The Balaban J connectivity index is 1.89. The Morgan fingerprint density at radius 1 is 1.24 bits per heavy atom. The van der Waals surface area contributed by atoms with E-state index in [2.05, 4.69) is 16.8 Å². The highest BCUT2D eigenvalue weighted by molar-refractivity contribution is 7.98. The number of ether oxygens (including phenoxy) is 1. The first-order chi connectivity index (χ1) is 14.0. The molecule has 2 aromatic carbocycles. The van der Waals surface area contributed by atoms with Crippen LogP contribution < -0.4 is 4.74 Å². The van der Waals surface area contributed by atoms with Gasteiger partial charge in [-0.1, -0.05) is 17.8 Å². The topological polar surface area (TPSA) is 57.0 Å². The number of aromatic nitrogens is 3. The van der Waals surface area contributed by atoms with E-state index in [-0.39, 0.29) is 11.6 Å². The second-order valence-electron chi connectivity index (χ2n) is 6.31. The minimum Gasteiger partial charge on any atom is -0.494 e. The first kappa shape index (κ1) is 20.8. The molecule has 0 aliphatic heterocycles. The highest BCUT2D eigenvalue weighted by Crippen LogP contribution is 2.30. The number of nitrogens with zero attached hydrogens (tertiary/aromatic N) is 3. The van der Waals surface area contributed by atoms with E-state index in [0.29, 0.717) is 35.4 Å². The summed E-state index contributed by atoms with van der Waals surface area (Å²) in [4.78, 5) is 11.8. The number of allylic oxidation sites excluding steroid dienone is 1. The van der Waals surface area contributed by atoms with E-state index in [4.69, 9.17) is 4.74 Å². The number of carbonyl (C=O) groups is 1. The van der Waals surface area contributed by atoms with Crippen molar-refractivity contribution in [2.45, 2.75) is 31.3 Å². The predicted molar refractivity (Wildman–Crippen MR) is 113 cm³/mol. The zero-order valence-corrected chi connectivity index (χ0v) is 17.2. The summed E-state index contributed by atoms with van der Waals surface area (Å²) in [6.07, 6.45) is 1.77. The maximum atomic E-state index is 13.3. The van der Waals surface area contributed by atoms with Crippen molar-refractivity contribution in [3.05, 3.63) is 72.1 Å². The Kier molecular flexibility index (Phi) is 6.82. The number of Topliss-reactive ketones (excluding diaryl/α,β-unsaturated/α-hetero) is 1. The van der Waals surface area contributed by atoms with Gasteiger partial charge >= 0.3 is 0 Å². The van der Waals surface area contributed by atoms with E-state index in [1.165, 1.54) is 23.9 Å². The van der Waals surface area contributed by atoms with Crippen molar-refractivity contribution in [3.63, 3.8) is 0 Å². The summed E-state index contributed by atoms with van der Waals surface area (Å²) in [5, 5.41) is 9.30. The van der Waals surface area contributed by atoms with Crippen LogP contribution in [-0.2, 0) is 12.3 Å². The number of halogens is 1. The Hall–Kier alpha value is -2.93. The zero-order chi connectivity index (χ0) is 20.8. The standard InChI is InChI=1S/C22H22FN3O2S/c1-4-12-26-21(16-6-9-19(23)10-7-16)24-25-22(26)29-14-18-13-17(15(3)27)8-11-20(18)28-5-2/h4,6-11,13H,1,5,12,14H2,2-3H3. The molecular weight excluding hydrogens is 389 g/mol. The van der Waals surface area contributed by atoms with Gasteiger partial charge < -0.3 is 4.74 Å². The SMILES string of the molecule is C=CCn1c(SCc2cc(C(C)=O)ccc2OCC)nnc1-c1ccc(F)cc1. The average Bonchev–Trinajstić information content (AvgIpc) is 3.11. The van der Waals surface area contributed by atoms with Gasteiger partial charge in [0.1, 0.15) is 11.6 Å². The molecule has 29 heavy (non-hydrogen) atoms. The van der Waals surface area contributed by atoms with Crippen LogP contribution in [-0.4, -0.2) is 27.2 Å². The molecule has 0 saturated carbocycles. The molecule has 0 unspecified atom stereocenters. The molecule has 0 atom stereocenters. The maximum absolute atomic E-state index is 13.3. The number of thioether (sulfide) groups is 1. The fourth-order valence-electron chi connectivity index (χ4n) is 2.85. The molecule has 0 amide bonds. The molecule has 0 spiro atoms. The molecule has 1 heterocycles. The summed E-state index contributed by atoms with van der Waals surface area (Å²) in [5.74, 6) is 1.67. The van der Waals surface area contributed by atoms with Gasteiger partial charge in [-0.2, -0.15) is 0 Å². The van der Waals surface area contributed by atoms with Crippen LogP contribution in [0.15, 0.2) is 60.3 Å². The van der Waals surface area contributed by atoms with Gasteiger partial charge in [0, 0.05) is 29.0 Å². The van der Waals surface area contributed by atoms with Gasteiger partial charge in [-0.05, 0) is 56.3 Å². The zero-order valence-electron chi connectivity index (χ0n) is 16.4. The molecule has 0 N–H and O–H groups in total. The monoisotopic (exact) mass is 411 g/mol. The molecule has 7 heteroatoms. The van der Waals surface area contributed by atoms with E-state index in [9.17, 15) is 9.18 Å². The lowest BCUT2D eigenvalue weighted by atomic mass is 10.1. The van der Waals surface area contributed by atoms with Gasteiger partial charge in [0.2, 0.25) is 0 Å². The Morgan fingerprint density at radius 3 is 2.66 bits per heavy atom. The minimum atomic E-state index is -0.299. The summed E-state index contributed by atoms with van der Waals surface area (Å²) in [6, 6.07) is 11.6. The Morgan fingerprint density at radius 2 is 2.00 bits per heavy atom. The lowest BCUT2D eigenvalue weighted by Gasteiger charge is -2.12. The van der Waals surface area contributed by atoms with Gasteiger partial charge in [0.25, 0.3) is 0 Å². The number of hydrogen-bond acceptors (Lipinski definition) is 5. The van der Waals surface area contributed by atoms with E-state index < -0.39 is 0 Å². The fourth-order valence-corrected chi connectivity index (χ4v) is 3.78. The van der Waals surface area contributed by atoms with Crippen molar-refractivity contribution < 1.29 is 13.9 Å². The van der Waals surface area contributed by atoms with Gasteiger partial charge in [-0.15, -0.1) is 16.8 Å². The molecule has 3 rings (SSSR count). The fraction of sp³-hybridized carbons (Fsp3) is 0.227.